The average molecular weight is 482 g/mol. The fraction of sp³-hybridized carbons (Fsp3) is 0.889. The number of amides is 1. The number of carbonyl (C=O) groups excluding carboxylic acids is 1. The number of guanidine groups is 1. The lowest BCUT2D eigenvalue weighted by Crippen LogP contribution is -2.44. The maximum absolute atomic E-state index is 11.9. The van der Waals surface area contributed by atoms with Gasteiger partial charge in [-0.15, -0.1) is 24.0 Å². The Hall–Kier alpha value is -0.770. The smallest absolute Gasteiger partial charge is 0.407 e. The minimum atomic E-state index is -0.485. The normalized spacial score (nSPS) is 26.4. The van der Waals surface area contributed by atoms with Crippen molar-refractivity contribution in [1.82, 2.24) is 15.5 Å². The molecule has 0 radical (unpaired) electrons. The summed E-state index contributed by atoms with van der Waals surface area (Å²) in [6.07, 6.45) is 3.32. The molecule has 0 aromatic rings. The second-order valence-electron chi connectivity index (χ2n) is 8.03. The van der Waals surface area contributed by atoms with Gasteiger partial charge in [-0.05, 0) is 47.0 Å². The molecule has 8 heteroatoms. The molecule has 1 saturated carbocycles. The van der Waals surface area contributed by atoms with Crippen LogP contribution >= 0.6 is 24.0 Å². The van der Waals surface area contributed by atoms with Gasteiger partial charge in [0.2, 0.25) is 0 Å². The molecule has 0 spiro atoms. The monoisotopic (exact) mass is 482 g/mol. The molecule has 2 aliphatic rings. The molecule has 1 saturated heterocycles. The third-order valence-corrected chi connectivity index (χ3v) is 4.64. The largest absolute Gasteiger partial charge is 0.444 e. The minimum absolute atomic E-state index is 0. The van der Waals surface area contributed by atoms with Crippen LogP contribution in [0.15, 0.2) is 4.99 Å². The summed E-state index contributed by atoms with van der Waals surface area (Å²) < 4.78 is 5.33. The Morgan fingerprint density at radius 1 is 1.31 bits per heavy atom. The Balaban J connectivity index is 0.00000338. The summed E-state index contributed by atoms with van der Waals surface area (Å²) in [4.78, 5) is 18.8. The number of carbonyl (C=O) groups is 1. The van der Waals surface area contributed by atoms with Crippen molar-refractivity contribution in [3.63, 3.8) is 0 Å². The first-order chi connectivity index (χ1) is 11.8. The van der Waals surface area contributed by atoms with E-state index in [1.54, 1.807) is 0 Å². The van der Waals surface area contributed by atoms with Gasteiger partial charge in [-0.1, -0.05) is 6.42 Å². The van der Waals surface area contributed by atoms with Gasteiger partial charge in [0, 0.05) is 32.1 Å². The molecule has 1 aliphatic heterocycles. The molecule has 1 amide bonds. The number of rotatable bonds is 4. The van der Waals surface area contributed by atoms with Gasteiger partial charge in [-0.25, -0.2) is 4.79 Å². The molecule has 0 bridgehead atoms. The quantitative estimate of drug-likeness (QED) is 0.326. The first-order valence-corrected chi connectivity index (χ1v) is 9.49. The van der Waals surface area contributed by atoms with Crippen LogP contribution in [0.2, 0.25) is 0 Å². The zero-order valence-electron chi connectivity index (χ0n) is 16.5. The van der Waals surface area contributed by atoms with Gasteiger partial charge in [-0.2, -0.15) is 0 Å². The topological polar surface area (TPSA) is 86.2 Å². The summed E-state index contributed by atoms with van der Waals surface area (Å²) in [5.41, 5.74) is -0.485. The van der Waals surface area contributed by atoms with Gasteiger partial charge in [0.05, 0.1) is 12.1 Å². The number of aliphatic imine (C=N–C) groups is 1. The summed E-state index contributed by atoms with van der Waals surface area (Å²) >= 11 is 0. The molecular formula is C18H35IN4O3. The predicted molar refractivity (Wildman–Crippen MR) is 114 cm³/mol. The zero-order valence-corrected chi connectivity index (χ0v) is 18.8. The molecule has 26 heavy (non-hydrogen) atoms. The van der Waals surface area contributed by atoms with E-state index in [1.807, 2.05) is 27.7 Å². The van der Waals surface area contributed by atoms with Crippen LogP contribution in [-0.4, -0.2) is 66.0 Å². The van der Waals surface area contributed by atoms with Crippen molar-refractivity contribution in [2.75, 3.05) is 26.2 Å². The number of alkyl carbamates (subject to hydrolysis) is 1. The van der Waals surface area contributed by atoms with Crippen molar-refractivity contribution in [2.45, 2.75) is 71.1 Å². The number of nitrogens with zero attached hydrogens (tertiary/aromatic N) is 2. The second-order valence-corrected chi connectivity index (χ2v) is 8.03. The Morgan fingerprint density at radius 2 is 2.04 bits per heavy atom. The van der Waals surface area contributed by atoms with Crippen LogP contribution < -0.4 is 10.6 Å². The lowest BCUT2D eigenvalue weighted by atomic mass is 10.1. The van der Waals surface area contributed by atoms with E-state index < -0.39 is 5.60 Å². The molecule has 152 valence electrons. The number of hydrogen-bond acceptors (Lipinski definition) is 4. The van der Waals surface area contributed by atoms with E-state index in [2.05, 4.69) is 15.5 Å². The number of ether oxygens (including phenoxy) is 1. The molecule has 2 rings (SSSR count). The van der Waals surface area contributed by atoms with Crippen LogP contribution in [0.4, 0.5) is 4.79 Å². The van der Waals surface area contributed by atoms with E-state index in [0.717, 1.165) is 51.3 Å². The molecular weight excluding hydrogens is 447 g/mol. The van der Waals surface area contributed by atoms with Gasteiger partial charge < -0.3 is 25.4 Å². The van der Waals surface area contributed by atoms with Crippen molar-refractivity contribution < 1.29 is 14.6 Å². The average Bonchev–Trinajstić information content (AvgIpc) is 3.11. The molecule has 1 heterocycles. The van der Waals surface area contributed by atoms with Crippen molar-refractivity contribution in [3.05, 3.63) is 0 Å². The molecule has 0 aromatic heterocycles. The standard InChI is InChI=1S/C18H34N4O3.HI/c1-5-19-16(20-11-13-7-6-8-15(13)23)22-10-9-14(12-22)21-17(24)25-18(2,3)4;/h13-15,23H,5-12H2,1-4H3,(H,19,20)(H,21,24);1H. The van der Waals surface area contributed by atoms with Crippen LogP contribution in [0.3, 0.4) is 0 Å². The van der Waals surface area contributed by atoms with E-state index in [9.17, 15) is 9.90 Å². The van der Waals surface area contributed by atoms with E-state index in [4.69, 9.17) is 9.73 Å². The summed E-state index contributed by atoms with van der Waals surface area (Å²) in [6.45, 7) is 10.7. The molecule has 0 aromatic carbocycles. The molecule has 1 aliphatic carbocycles. The van der Waals surface area contributed by atoms with Crippen LogP contribution in [0, 0.1) is 5.92 Å². The van der Waals surface area contributed by atoms with Crippen LogP contribution in [0.25, 0.3) is 0 Å². The highest BCUT2D eigenvalue weighted by molar-refractivity contribution is 14.0. The first-order valence-electron chi connectivity index (χ1n) is 9.49. The van der Waals surface area contributed by atoms with Gasteiger partial charge in [0.15, 0.2) is 5.96 Å². The number of nitrogens with one attached hydrogen (secondary N) is 2. The lowest BCUT2D eigenvalue weighted by Gasteiger charge is -2.24. The number of hydrogen-bond donors (Lipinski definition) is 3. The maximum Gasteiger partial charge on any atom is 0.407 e. The lowest BCUT2D eigenvalue weighted by molar-refractivity contribution is 0.0507. The first kappa shape index (κ1) is 23.3. The summed E-state index contributed by atoms with van der Waals surface area (Å²) in [5, 5.41) is 16.2. The van der Waals surface area contributed by atoms with Crippen molar-refractivity contribution >= 4 is 36.0 Å². The van der Waals surface area contributed by atoms with Crippen molar-refractivity contribution in [2.24, 2.45) is 10.9 Å². The van der Waals surface area contributed by atoms with E-state index >= 15 is 0 Å². The molecule has 3 atom stereocenters. The number of likely N-dealkylation sites (tertiary alicyclic amines) is 1. The maximum atomic E-state index is 11.9. The highest BCUT2D eigenvalue weighted by atomic mass is 127. The Labute approximate surface area is 174 Å². The Kier molecular flexibility index (Phi) is 9.43. The van der Waals surface area contributed by atoms with Gasteiger partial charge in [-0.3, -0.25) is 4.99 Å². The third-order valence-electron chi connectivity index (χ3n) is 4.64. The van der Waals surface area contributed by atoms with Crippen LogP contribution in [0.5, 0.6) is 0 Å². The number of halogens is 1. The van der Waals surface area contributed by atoms with Gasteiger partial charge in [0.1, 0.15) is 5.60 Å². The number of aliphatic hydroxyl groups is 1. The molecule has 3 N–H and O–H groups in total. The SMILES string of the molecule is CCNC(=NCC1CCCC1O)N1CCC(NC(=O)OC(C)(C)C)C1.I. The Bertz CT molecular complexity index is 482. The fourth-order valence-corrected chi connectivity index (χ4v) is 3.40. The van der Waals surface area contributed by atoms with Crippen LogP contribution in [-0.2, 0) is 4.74 Å². The van der Waals surface area contributed by atoms with E-state index in [1.165, 1.54) is 0 Å². The highest BCUT2D eigenvalue weighted by Gasteiger charge is 2.29. The van der Waals surface area contributed by atoms with Gasteiger partial charge in [0.25, 0.3) is 0 Å². The van der Waals surface area contributed by atoms with Crippen molar-refractivity contribution in [3.8, 4) is 0 Å². The Morgan fingerprint density at radius 3 is 2.62 bits per heavy atom. The third kappa shape index (κ3) is 7.46. The van der Waals surface area contributed by atoms with E-state index in [0.29, 0.717) is 6.54 Å². The predicted octanol–water partition coefficient (Wildman–Crippen LogP) is 2.33. The summed E-state index contributed by atoms with van der Waals surface area (Å²) in [6, 6.07) is 0.0655. The zero-order chi connectivity index (χ0) is 18.4. The fourth-order valence-electron chi connectivity index (χ4n) is 3.40. The van der Waals surface area contributed by atoms with E-state index in [-0.39, 0.29) is 48.1 Å². The summed E-state index contributed by atoms with van der Waals surface area (Å²) in [7, 11) is 0. The molecule has 3 unspecified atom stereocenters. The van der Waals surface area contributed by atoms with Gasteiger partial charge >= 0.3 is 6.09 Å². The minimum Gasteiger partial charge on any atom is -0.444 e. The second kappa shape index (κ2) is 10.5. The number of aliphatic hydroxyl groups excluding tert-OH is 1. The summed E-state index contributed by atoms with van der Waals surface area (Å²) in [5.74, 6) is 1.14. The van der Waals surface area contributed by atoms with Crippen LogP contribution in [0.1, 0.15) is 53.4 Å². The van der Waals surface area contributed by atoms with Crippen molar-refractivity contribution in [1.29, 1.82) is 0 Å². The molecule has 2 fully saturated rings. The molecule has 7 nitrogen and oxygen atoms in total. The highest BCUT2D eigenvalue weighted by Crippen LogP contribution is 2.25.